The lowest BCUT2D eigenvalue weighted by atomic mass is 9.90. The number of fused-ring (bicyclic) bond motifs is 1. The van der Waals surface area contributed by atoms with Gasteiger partial charge in [0.2, 0.25) is 0 Å². The van der Waals surface area contributed by atoms with Gasteiger partial charge in [0.25, 0.3) is 0 Å². The van der Waals surface area contributed by atoms with E-state index in [0.29, 0.717) is 16.8 Å². The van der Waals surface area contributed by atoms with Gasteiger partial charge >= 0.3 is 13.6 Å². The standard InChI is InChI=1S/C14H24NO6PS.BrH/c1-10(16)23-7-6-15(2)5-3-4-11-8-14(13(17)18,9-12(11)15)22(19,20)21;/h11-12H,3-9H2,1-2H3,(H2-,17,18,19,20,21);1H. The topological polar surface area (TPSA) is 112 Å². The summed E-state index contributed by atoms with van der Waals surface area (Å²) >= 11 is 1.24. The molecule has 24 heavy (non-hydrogen) atoms. The van der Waals surface area contributed by atoms with Crippen molar-refractivity contribution < 1.29 is 50.5 Å². The predicted molar refractivity (Wildman–Crippen MR) is 87.2 cm³/mol. The molecule has 2 rings (SSSR count). The molecule has 4 unspecified atom stereocenters. The van der Waals surface area contributed by atoms with Crippen LogP contribution in [0.1, 0.15) is 32.6 Å². The molecule has 4 atom stereocenters. The summed E-state index contributed by atoms with van der Waals surface area (Å²) in [6.07, 6.45) is 1.79. The van der Waals surface area contributed by atoms with Crippen molar-refractivity contribution in [1.29, 1.82) is 0 Å². The number of carboxylic acid groups (broad SMARTS) is 1. The molecule has 1 heterocycles. The first-order valence-electron chi connectivity index (χ1n) is 7.78. The highest BCUT2D eigenvalue weighted by Crippen LogP contribution is 2.62. The molecule has 7 nitrogen and oxygen atoms in total. The van der Waals surface area contributed by atoms with Gasteiger partial charge in [-0.3, -0.25) is 14.2 Å². The lowest BCUT2D eigenvalue weighted by Gasteiger charge is -2.46. The van der Waals surface area contributed by atoms with E-state index in [4.69, 9.17) is 0 Å². The Kier molecular flexibility index (Phi) is 7.15. The summed E-state index contributed by atoms with van der Waals surface area (Å²) in [6, 6.07) is -0.0694. The minimum absolute atomic E-state index is 0. The van der Waals surface area contributed by atoms with Crippen molar-refractivity contribution >= 4 is 30.4 Å². The first-order chi connectivity index (χ1) is 10.5. The Morgan fingerprint density at radius 2 is 1.96 bits per heavy atom. The quantitative estimate of drug-likeness (QED) is 0.341. The van der Waals surface area contributed by atoms with E-state index >= 15 is 0 Å². The molecule has 0 aromatic rings. The maximum atomic E-state index is 11.9. The largest absolute Gasteiger partial charge is 1.00 e. The van der Waals surface area contributed by atoms with Crippen LogP contribution in [0.3, 0.4) is 0 Å². The second-order valence-corrected chi connectivity index (χ2v) is 10.2. The lowest BCUT2D eigenvalue weighted by Crippen LogP contribution is -3.00. The molecule has 1 saturated carbocycles. The minimum atomic E-state index is -4.74. The number of rotatable bonds is 5. The molecule has 0 amide bonds. The number of carboxylic acids is 1. The van der Waals surface area contributed by atoms with E-state index in [-0.39, 0.29) is 46.9 Å². The number of piperidine rings is 1. The van der Waals surface area contributed by atoms with Crippen LogP contribution in [-0.2, 0) is 14.2 Å². The Morgan fingerprint density at radius 3 is 2.46 bits per heavy atom. The van der Waals surface area contributed by atoms with Crippen LogP contribution in [0.2, 0.25) is 0 Å². The molecular formula is C14H25BrNO6PS. The third-order valence-electron chi connectivity index (χ3n) is 5.60. The van der Waals surface area contributed by atoms with E-state index < -0.39 is 18.7 Å². The van der Waals surface area contributed by atoms with Crippen molar-refractivity contribution in [3.63, 3.8) is 0 Å². The van der Waals surface area contributed by atoms with Gasteiger partial charge in [-0.1, -0.05) is 11.8 Å². The number of carbonyl (C=O) groups is 2. The van der Waals surface area contributed by atoms with E-state index in [0.717, 1.165) is 19.4 Å². The number of hydrogen-bond acceptors (Lipinski definition) is 4. The highest BCUT2D eigenvalue weighted by atomic mass is 79.9. The van der Waals surface area contributed by atoms with E-state index in [1.165, 1.54) is 18.7 Å². The smallest absolute Gasteiger partial charge is 0.343 e. The number of nitrogens with zero attached hydrogens (tertiary/aromatic N) is 1. The number of carbonyl (C=O) groups excluding carboxylic acids is 1. The summed E-state index contributed by atoms with van der Waals surface area (Å²) in [6.45, 7) is 3.08. The number of thioether (sulfide) groups is 1. The summed E-state index contributed by atoms with van der Waals surface area (Å²) in [5.74, 6) is -0.727. The fourth-order valence-electron chi connectivity index (χ4n) is 4.28. The minimum Gasteiger partial charge on any atom is -1.00 e. The number of hydrogen-bond donors (Lipinski definition) is 3. The zero-order valence-corrected chi connectivity index (χ0v) is 17.1. The van der Waals surface area contributed by atoms with Gasteiger partial charge in [0.05, 0.1) is 31.9 Å². The summed E-state index contributed by atoms with van der Waals surface area (Å²) in [5, 5.41) is 7.62. The van der Waals surface area contributed by atoms with Crippen molar-refractivity contribution in [3.05, 3.63) is 0 Å². The fourth-order valence-corrected chi connectivity index (χ4v) is 6.22. The molecule has 140 valence electrons. The normalized spacial score (nSPS) is 35.8. The first-order valence-corrected chi connectivity index (χ1v) is 10.4. The van der Waals surface area contributed by atoms with Crippen LogP contribution in [0, 0.1) is 5.92 Å². The summed E-state index contributed by atoms with van der Waals surface area (Å²) in [4.78, 5) is 42.2. The summed E-state index contributed by atoms with van der Waals surface area (Å²) in [5.41, 5.74) is 0. The maximum Gasteiger partial charge on any atom is 0.343 e. The first kappa shape index (κ1) is 22.1. The van der Waals surface area contributed by atoms with E-state index in [9.17, 15) is 29.0 Å². The third kappa shape index (κ3) is 4.07. The number of quaternary nitrogens is 1. The second-order valence-electron chi connectivity index (χ2n) is 7.03. The van der Waals surface area contributed by atoms with Crippen LogP contribution in [0.4, 0.5) is 0 Å². The predicted octanol–water partition coefficient (Wildman–Crippen LogP) is -1.71. The molecule has 1 aliphatic heterocycles. The molecule has 3 N–H and O–H groups in total. The van der Waals surface area contributed by atoms with Crippen molar-refractivity contribution in [1.82, 2.24) is 0 Å². The van der Waals surface area contributed by atoms with Crippen molar-refractivity contribution in [2.24, 2.45) is 5.92 Å². The van der Waals surface area contributed by atoms with Crippen LogP contribution in [0.15, 0.2) is 0 Å². The van der Waals surface area contributed by atoms with E-state index in [1.807, 2.05) is 7.05 Å². The fraction of sp³-hybridized carbons (Fsp3) is 0.857. The molecule has 0 bridgehead atoms. The highest BCUT2D eigenvalue weighted by molar-refractivity contribution is 8.13. The molecule has 0 aromatic heterocycles. The molecule has 1 saturated heterocycles. The second kappa shape index (κ2) is 7.76. The molecule has 10 heteroatoms. The zero-order valence-electron chi connectivity index (χ0n) is 13.9. The van der Waals surface area contributed by atoms with Gasteiger partial charge in [0.1, 0.15) is 0 Å². The summed E-state index contributed by atoms with van der Waals surface area (Å²) in [7, 11) is -2.72. The van der Waals surface area contributed by atoms with Gasteiger partial charge in [0.15, 0.2) is 10.3 Å². The van der Waals surface area contributed by atoms with Crippen molar-refractivity contribution in [2.45, 2.75) is 43.8 Å². The Bertz CT molecular complexity index is 557. The molecule has 2 fully saturated rings. The molecular weight excluding hydrogens is 421 g/mol. The zero-order chi connectivity index (χ0) is 17.5. The SMILES string of the molecule is CC(=O)SCC[N+]1(C)CCCC2CC(C(=O)O)(P(=O)(O)O)CC21.[Br-]. The molecule has 0 aromatic carbocycles. The lowest BCUT2D eigenvalue weighted by molar-refractivity contribution is -0.938. The van der Waals surface area contributed by atoms with Crippen molar-refractivity contribution in [2.75, 3.05) is 25.9 Å². The monoisotopic (exact) mass is 445 g/mol. The number of likely N-dealkylation sites (tertiary alicyclic amines) is 1. The van der Waals surface area contributed by atoms with Gasteiger partial charge in [0, 0.05) is 19.3 Å². The average molecular weight is 446 g/mol. The van der Waals surface area contributed by atoms with Crippen LogP contribution in [0.25, 0.3) is 0 Å². The number of halogens is 1. The number of aliphatic carboxylic acids is 1. The Hall–Kier alpha value is 0.0800. The van der Waals surface area contributed by atoms with Crippen LogP contribution >= 0.6 is 19.4 Å². The van der Waals surface area contributed by atoms with Gasteiger partial charge < -0.3 is 36.4 Å². The molecule has 0 radical (unpaired) electrons. The molecule has 1 aliphatic carbocycles. The average Bonchev–Trinajstić information content (AvgIpc) is 2.80. The van der Waals surface area contributed by atoms with Gasteiger partial charge in [-0.2, -0.15) is 0 Å². The van der Waals surface area contributed by atoms with Crippen molar-refractivity contribution in [3.8, 4) is 0 Å². The summed E-state index contributed by atoms with van der Waals surface area (Å²) < 4.78 is 12.5. The Balaban J connectivity index is 0.00000288. The molecule has 0 spiro atoms. The Labute approximate surface area is 156 Å². The van der Waals surface area contributed by atoms with Gasteiger partial charge in [-0.25, -0.2) is 0 Å². The highest BCUT2D eigenvalue weighted by Gasteiger charge is 2.65. The van der Waals surface area contributed by atoms with Crippen LogP contribution in [-0.4, -0.2) is 67.5 Å². The maximum absolute atomic E-state index is 11.9. The van der Waals surface area contributed by atoms with Gasteiger partial charge in [-0.15, -0.1) is 0 Å². The Morgan fingerprint density at radius 1 is 1.33 bits per heavy atom. The van der Waals surface area contributed by atoms with E-state index in [1.54, 1.807) is 0 Å². The third-order valence-corrected chi connectivity index (χ3v) is 8.06. The van der Waals surface area contributed by atoms with Gasteiger partial charge in [-0.05, 0) is 19.3 Å². The van der Waals surface area contributed by atoms with Crippen LogP contribution in [0.5, 0.6) is 0 Å². The molecule has 2 aliphatic rings. The van der Waals surface area contributed by atoms with E-state index in [2.05, 4.69) is 0 Å². The van der Waals surface area contributed by atoms with Crippen LogP contribution < -0.4 is 17.0 Å².